The molecular weight excluding hydrogens is 435 g/mol. The van der Waals surface area contributed by atoms with Crippen LogP contribution in [0.5, 0.6) is 0 Å². The molecule has 0 spiro atoms. The number of imidazole rings is 1. The lowest BCUT2D eigenvalue weighted by atomic mass is 9.86. The number of anilines is 1. The van der Waals surface area contributed by atoms with Gasteiger partial charge in [0.25, 0.3) is 5.91 Å². The van der Waals surface area contributed by atoms with Crippen molar-refractivity contribution >= 4 is 17.4 Å². The number of benzene rings is 1. The number of amides is 1. The molecule has 1 amide bonds. The van der Waals surface area contributed by atoms with Crippen LogP contribution in [-0.4, -0.2) is 64.8 Å². The molecule has 7 nitrogen and oxygen atoms in total. The number of aromatic nitrogens is 3. The minimum Gasteiger partial charge on any atom is -0.378 e. The van der Waals surface area contributed by atoms with Crippen LogP contribution in [0.4, 0.5) is 19.0 Å². The van der Waals surface area contributed by atoms with E-state index in [1.807, 2.05) is 12.1 Å². The first-order chi connectivity index (χ1) is 15.9. The molecule has 2 aliphatic rings. The zero-order chi connectivity index (χ0) is 23.0. The summed E-state index contributed by atoms with van der Waals surface area (Å²) in [5.74, 6) is 0.341. The summed E-state index contributed by atoms with van der Waals surface area (Å²) in [7, 11) is 0. The number of fused-ring (bicyclic) bond motifs is 1. The second kappa shape index (κ2) is 8.66. The molecule has 0 saturated carbocycles. The van der Waals surface area contributed by atoms with Gasteiger partial charge < -0.3 is 14.5 Å². The van der Waals surface area contributed by atoms with E-state index in [9.17, 15) is 18.0 Å². The van der Waals surface area contributed by atoms with E-state index in [0.717, 1.165) is 25.0 Å². The van der Waals surface area contributed by atoms with Crippen molar-refractivity contribution in [2.24, 2.45) is 0 Å². The Bertz CT molecular complexity index is 1150. The molecule has 0 aliphatic carbocycles. The number of carbonyl (C=O) groups excluding carboxylic acids is 1. The molecule has 2 aliphatic heterocycles. The third kappa shape index (κ3) is 4.39. The predicted octanol–water partition coefficient (Wildman–Crippen LogP) is 3.60. The fourth-order valence-corrected chi connectivity index (χ4v) is 4.60. The number of nitrogens with zero attached hydrogens (tertiary/aromatic N) is 5. The van der Waals surface area contributed by atoms with Crippen molar-refractivity contribution in [2.45, 2.75) is 24.9 Å². The first kappa shape index (κ1) is 21.7. The van der Waals surface area contributed by atoms with Crippen molar-refractivity contribution in [1.82, 2.24) is 19.5 Å². The second-order valence-electron chi connectivity index (χ2n) is 8.37. The Morgan fingerprint density at radius 3 is 2.45 bits per heavy atom. The molecule has 5 rings (SSSR count). The summed E-state index contributed by atoms with van der Waals surface area (Å²) < 4.78 is 47.1. The van der Waals surface area contributed by atoms with E-state index >= 15 is 0 Å². The molecular formula is C23H24F3N5O2. The van der Waals surface area contributed by atoms with E-state index < -0.39 is 11.7 Å². The Kier molecular flexibility index (Phi) is 5.69. The molecule has 0 radical (unpaired) electrons. The van der Waals surface area contributed by atoms with Crippen LogP contribution in [-0.2, 0) is 10.9 Å². The van der Waals surface area contributed by atoms with Gasteiger partial charge in [0.05, 0.1) is 25.0 Å². The van der Waals surface area contributed by atoms with Gasteiger partial charge in [-0.3, -0.25) is 4.79 Å². The van der Waals surface area contributed by atoms with Gasteiger partial charge in [-0.15, -0.1) is 5.10 Å². The number of rotatable bonds is 3. The van der Waals surface area contributed by atoms with Gasteiger partial charge >= 0.3 is 6.18 Å². The number of alkyl halides is 3. The van der Waals surface area contributed by atoms with Crippen LogP contribution in [0.3, 0.4) is 0 Å². The lowest BCUT2D eigenvalue weighted by Crippen LogP contribution is -2.38. The average Bonchev–Trinajstić information content (AvgIpc) is 3.27. The summed E-state index contributed by atoms with van der Waals surface area (Å²) >= 11 is 0. The van der Waals surface area contributed by atoms with Crippen molar-refractivity contribution < 1.29 is 22.7 Å². The van der Waals surface area contributed by atoms with Gasteiger partial charge in [0, 0.05) is 26.2 Å². The number of hydrogen-bond donors (Lipinski definition) is 0. The van der Waals surface area contributed by atoms with Crippen LogP contribution in [0.15, 0.2) is 42.6 Å². The summed E-state index contributed by atoms with van der Waals surface area (Å²) in [4.78, 5) is 21.2. The summed E-state index contributed by atoms with van der Waals surface area (Å²) in [6.07, 6.45) is -1.81. The topological polar surface area (TPSA) is 63.0 Å². The molecule has 0 atom stereocenters. The highest BCUT2D eigenvalue weighted by molar-refractivity contribution is 5.93. The molecule has 2 fully saturated rings. The van der Waals surface area contributed by atoms with Gasteiger partial charge in [0.1, 0.15) is 11.5 Å². The van der Waals surface area contributed by atoms with Crippen LogP contribution in [0.2, 0.25) is 0 Å². The maximum absolute atomic E-state index is 13.4. The van der Waals surface area contributed by atoms with E-state index in [2.05, 4.69) is 15.0 Å². The van der Waals surface area contributed by atoms with Gasteiger partial charge in [-0.1, -0.05) is 18.2 Å². The monoisotopic (exact) mass is 459 g/mol. The summed E-state index contributed by atoms with van der Waals surface area (Å²) in [6, 6.07) is 9.43. The molecule has 174 valence electrons. The minimum absolute atomic E-state index is 0.226. The smallest absolute Gasteiger partial charge is 0.378 e. The number of hydrogen-bond acceptors (Lipinski definition) is 5. The fraction of sp³-hybridized carbons (Fsp3) is 0.435. The zero-order valence-corrected chi connectivity index (χ0v) is 18.0. The van der Waals surface area contributed by atoms with E-state index in [-0.39, 0.29) is 17.5 Å². The maximum atomic E-state index is 13.4. The van der Waals surface area contributed by atoms with Gasteiger partial charge in [-0.2, -0.15) is 13.2 Å². The van der Waals surface area contributed by atoms with Gasteiger partial charge in [-0.05, 0) is 42.5 Å². The SMILES string of the molecule is O=C(c1cn2nc(N3CCOCC3)ccc2n1)N1CCC(c2ccccc2C(F)(F)F)CC1. The van der Waals surface area contributed by atoms with Crippen molar-refractivity contribution in [3.8, 4) is 0 Å². The van der Waals surface area contributed by atoms with E-state index in [1.54, 1.807) is 27.7 Å². The van der Waals surface area contributed by atoms with Crippen LogP contribution >= 0.6 is 0 Å². The maximum Gasteiger partial charge on any atom is 0.416 e. The fourth-order valence-electron chi connectivity index (χ4n) is 4.60. The molecule has 4 heterocycles. The second-order valence-corrected chi connectivity index (χ2v) is 8.37. The highest BCUT2D eigenvalue weighted by Crippen LogP contribution is 2.38. The number of likely N-dealkylation sites (tertiary alicyclic amines) is 1. The van der Waals surface area contributed by atoms with Gasteiger partial charge in [-0.25, -0.2) is 9.50 Å². The quantitative estimate of drug-likeness (QED) is 0.599. The lowest BCUT2D eigenvalue weighted by molar-refractivity contribution is -0.138. The highest BCUT2D eigenvalue weighted by Gasteiger charge is 2.36. The first-order valence-electron chi connectivity index (χ1n) is 11.0. The molecule has 10 heteroatoms. The van der Waals surface area contributed by atoms with Crippen molar-refractivity contribution in [1.29, 1.82) is 0 Å². The standard InChI is InChI=1S/C23H24F3N5O2/c24-23(25,26)18-4-2-1-3-17(18)16-7-9-30(10-8-16)22(32)19-15-31-20(27-19)5-6-21(28-31)29-11-13-33-14-12-29/h1-6,15-16H,7-14H2. The lowest BCUT2D eigenvalue weighted by Gasteiger charge is -2.32. The van der Waals surface area contributed by atoms with Crippen LogP contribution in [0.1, 0.15) is 40.4 Å². The number of morpholine rings is 1. The third-order valence-corrected chi connectivity index (χ3v) is 6.35. The van der Waals surface area contributed by atoms with E-state index in [0.29, 0.717) is 50.4 Å². The predicted molar refractivity (Wildman–Crippen MR) is 115 cm³/mol. The summed E-state index contributed by atoms with van der Waals surface area (Å²) in [5.41, 5.74) is 0.585. The normalized spacial score (nSPS) is 18.2. The molecule has 0 bridgehead atoms. The van der Waals surface area contributed by atoms with E-state index in [1.165, 1.54) is 6.07 Å². The van der Waals surface area contributed by atoms with Crippen molar-refractivity contribution in [3.05, 3.63) is 59.4 Å². The summed E-state index contributed by atoms with van der Waals surface area (Å²) in [6.45, 7) is 3.58. The molecule has 33 heavy (non-hydrogen) atoms. The van der Waals surface area contributed by atoms with Crippen molar-refractivity contribution in [2.75, 3.05) is 44.3 Å². The minimum atomic E-state index is -4.38. The Balaban J connectivity index is 1.28. The van der Waals surface area contributed by atoms with E-state index in [4.69, 9.17) is 4.74 Å². The van der Waals surface area contributed by atoms with Gasteiger partial charge in [0.2, 0.25) is 0 Å². The molecule has 3 aromatic rings. The summed E-state index contributed by atoms with van der Waals surface area (Å²) in [5, 5.41) is 4.58. The van der Waals surface area contributed by atoms with Gasteiger partial charge in [0.15, 0.2) is 5.65 Å². The molecule has 2 saturated heterocycles. The number of carbonyl (C=O) groups is 1. The third-order valence-electron chi connectivity index (χ3n) is 6.35. The zero-order valence-electron chi connectivity index (χ0n) is 18.0. The molecule has 2 aromatic heterocycles. The van der Waals surface area contributed by atoms with Crippen LogP contribution < -0.4 is 4.90 Å². The Labute approximate surface area is 188 Å². The molecule has 1 aromatic carbocycles. The first-order valence-corrected chi connectivity index (χ1v) is 11.0. The van der Waals surface area contributed by atoms with Crippen molar-refractivity contribution in [3.63, 3.8) is 0 Å². The van der Waals surface area contributed by atoms with Crippen LogP contribution in [0, 0.1) is 0 Å². The highest BCUT2D eigenvalue weighted by atomic mass is 19.4. The Morgan fingerprint density at radius 2 is 1.73 bits per heavy atom. The average molecular weight is 459 g/mol. The number of piperidine rings is 1. The van der Waals surface area contributed by atoms with Crippen LogP contribution in [0.25, 0.3) is 5.65 Å². The number of halogens is 3. The Hall–Kier alpha value is -3.14. The Morgan fingerprint density at radius 1 is 1.00 bits per heavy atom. The number of ether oxygens (including phenoxy) is 1. The molecule has 0 N–H and O–H groups in total. The molecule has 0 unspecified atom stereocenters. The largest absolute Gasteiger partial charge is 0.416 e.